The molecule has 9 nitrogen and oxygen atoms in total. The van der Waals surface area contributed by atoms with Crippen LogP contribution in [0, 0.1) is 0 Å². The minimum absolute atomic E-state index is 0.118. The van der Waals surface area contributed by atoms with Gasteiger partial charge in [0.25, 0.3) is 0 Å². The average Bonchev–Trinajstić information content (AvgIpc) is 2.75. The maximum absolute atomic E-state index is 11.6. The van der Waals surface area contributed by atoms with Crippen molar-refractivity contribution in [3.63, 3.8) is 0 Å². The monoisotopic (exact) mass is 284 g/mol. The molecule has 0 spiro atoms. The van der Waals surface area contributed by atoms with Crippen LogP contribution in [0.3, 0.4) is 0 Å². The number of carboxylic acids is 2. The first-order valence-corrected chi connectivity index (χ1v) is 5.86. The Bertz CT molecular complexity index is 511. The number of aromatic nitrogens is 2. The molecule has 0 aromatic carbocycles. The molecule has 0 aliphatic carbocycles. The molecule has 20 heavy (non-hydrogen) atoms. The van der Waals surface area contributed by atoms with E-state index >= 15 is 0 Å². The van der Waals surface area contributed by atoms with Crippen molar-refractivity contribution >= 4 is 23.7 Å². The zero-order valence-electron chi connectivity index (χ0n) is 11.0. The molecule has 0 aliphatic rings. The average molecular weight is 284 g/mol. The van der Waals surface area contributed by atoms with Crippen molar-refractivity contribution in [3.05, 3.63) is 12.4 Å². The Kier molecular flexibility index (Phi) is 5.07. The van der Waals surface area contributed by atoms with Gasteiger partial charge in [-0.3, -0.25) is 9.48 Å². The van der Waals surface area contributed by atoms with Crippen molar-refractivity contribution in [1.82, 2.24) is 15.1 Å². The number of aliphatic carboxylic acids is 2. The number of rotatable bonds is 6. The van der Waals surface area contributed by atoms with Gasteiger partial charge in [-0.15, -0.1) is 0 Å². The minimum Gasteiger partial charge on any atom is -0.481 e. The summed E-state index contributed by atoms with van der Waals surface area (Å²) in [7, 11) is 0. The van der Waals surface area contributed by atoms with Gasteiger partial charge in [-0.05, 0) is 13.8 Å². The van der Waals surface area contributed by atoms with Gasteiger partial charge >= 0.3 is 18.0 Å². The number of nitrogens with zero attached hydrogens (tertiary/aromatic N) is 2. The Labute approximate surface area is 114 Å². The molecule has 1 aromatic heterocycles. The largest absolute Gasteiger partial charge is 0.481 e. The van der Waals surface area contributed by atoms with Gasteiger partial charge in [0.2, 0.25) is 0 Å². The van der Waals surface area contributed by atoms with Crippen LogP contribution in [-0.4, -0.2) is 44.0 Å². The lowest BCUT2D eigenvalue weighted by molar-refractivity contribution is -0.145. The first-order valence-electron chi connectivity index (χ1n) is 5.86. The van der Waals surface area contributed by atoms with E-state index in [1.807, 2.05) is 13.8 Å². The number of anilines is 1. The molecule has 0 aliphatic heterocycles. The molecular formula is C11H16N4O5. The second kappa shape index (κ2) is 6.55. The molecule has 1 heterocycles. The van der Waals surface area contributed by atoms with E-state index in [0.717, 1.165) is 0 Å². The highest BCUT2D eigenvalue weighted by Gasteiger charge is 2.23. The van der Waals surface area contributed by atoms with Crippen molar-refractivity contribution in [1.29, 1.82) is 0 Å². The first kappa shape index (κ1) is 15.5. The molecule has 4 N–H and O–H groups in total. The number of carboxylic acid groups (broad SMARTS) is 2. The molecular weight excluding hydrogens is 268 g/mol. The predicted octanol–water partition coefficient (Wildman–Crippen LogP) is 0.513. The highest BCUT2D eigenvalue weighted by molar-refractivity contribution is 5.93. The molecule has 0 bridgehead atoms. The Morgan fingerprint density at radius 2 is 2.00 bits per heavy atom. The first-order chi connectivity index (χ1) is 9.29. The topological polar surface area (TPSA) is 134 Å². The van der Waals surface area contributed by atoms with Crippen molar-refractivity contribution in [3.8, 4) is 0 Å². The molecule has 110 valence electrons. The Balaban J connectivity index is 2.60. The molecule has 9 heteroatoms. The fourth-order valence-corrected chi connectivity index (χ4v) is 1.39. The molecule has 1 aromatic rings. The van der Waals surface area contributed by atoms with Gasteiger partial charge in [0, 0.05) is 12.2 Å². The predicted molar refractivity (Wildman–Crippen MR) is 68.4 cm³/mol. The van der Waals surface area contributed by atoms with Crippen LogP contribution in [0.25, 0.3) is 0 Å². The van der Waals surface area contributed by atoms with Gasteiger partial charge in [0.05, 0.1) is 18.3 Å². The summed E-state index contributed by atoms with van der Waals surface area (Å²) in [6.45, 7) is 3.81. The number of hydrogen-bond donors (Lipinski definition) is 4. The van der Waals surface area contributed by atoms with E-state index in [2.05, 4.69) is 15.7 Å². The second-order valence-corrected chi connectivity index (χ2v) is 4.39. The van der Waals surface area contributed by atoms with Crippen molar-refractivity contribution in [2.75, 3.05) is 5.32 Å². The van der Waals surface area contributed by atoms with Gasteiger partial charge < -0.3 is 20.8 Å². The molecule has 2 amide bonds. The number of hydrogen-bond acceptors (Lipinski definition) is 4. The molecule has 0 saturated carbocycles. The SMILES string of the molecule is CC(C)n1cc(NC(=O)N[C@H](CC(=O)O)C(=O)O)cn1. The smallest absolute Gasteiger partial charge is 0.326 e. The summed E-state index contributed by atoms with van der Waals surface area (Å²) in [5.74, 6) is -2.73. The zero-order chi connectivity index (χ0) is 15.3. The summed E-state index contributed by atoms with van der Waals surface area (Å²) in [4.78, 5) is 32.9. The third-order valence-electron chi connectivity index (χ3n) is 2.37. The quantitative estimate of drug-likeness (QED) is 0.601. The third-order valence-corrected chi connectivity index (χ3v) is 2.37. The van der Waals surface area contributed by atoms with Crippen LogP contribution in [0.1, 0.15) is 26.3 Å². The molecule has 0 unspecified atom stereocenters. The van der Waals surface area contributed by atoms with Crippen LogP contribution in [0.15, 0.2) is 12.4 Å². The summed E-state index contributed by atoms with van der Waals surface area (Å²) in [5, 5.41) is 25.8. The highest BCUT2D eigenvalue weighted by Crippen LogP contribution is 2.09. The zero-order valence-corrected chi connectivity index (χ0v) is 11.0. The fraction of sp³-hybridized carbons (Fsp3) is 0.455. The van der Waals surface area contributed by atoms with Crippen LogP contribution in [0.2, 0.25) is 0 Å². The van der Waals surface area contributed by atoms with Crippen molar-refractivity contribution < 1.29 is 24.6 Å². The number of amides is 2. The van der Waals surface area contributed by atoms with Gasteiger partial charge in [-0.1, -0.05) is 0 Å². The molecule has 1 rings (SSSR count). The van der Waals surface area contributed by atoms with Crippen LogP contribution in [0.4, 0.5) is 10.5 Å². The summed E-state index contributed by atoms with van der Waals surface area (Å²) in [6.07, 6.45) is 2.29. The lowest BCUT2D eigenvalue weighted by Crippen LogP contribution is -2.44. The number of carbonyl (C=O) groups is 3. The molecule has 1 atom stereocenters. The van der Waals surface area contributed by atoms with E-state index in [1.165, 1.54) is 6.20 Å². The summed E-state index contributed by atoms with van der Waals surface area (Å²) < 4.78 is 1.61. The molecule has 0 saturated heterocycles. The lowest BCUT2D eigenvalue weighted by Gasteiger charge is -2.12. The van der Waals surface area contributed by atoms with E-state index in [4.69, 9.17) is 10.2 Å². The standard InChI is InChI=1S/C11H16N4O5/c1-6(2)15-5-7(4-12-15)13-11(20)14-8(10(18)19)3-9(16)17/h4-6,8H,3H2,1-2H3,(H,16,17)(H,18,19)(H2,13,14,20)/t8-/m1/s1. The summed E-state index contributed by atoms with van der Waals surface area (Å²) >= 11 is 0. The van der Waals surface area contributed by atoms with Crippen molar-refractivity contribution in [2.45, 2.75) is 32.4 Å². The third kappa shape index (κ3) is 4.59. The summed E-state index contributed by atoms with van der Waals surface area (Å²) in [6, 6.07) is -2.18. The highest BCUT2D eigenvalue weighted by atomic mass is 16.4. The van der Waals surface area contributed by atoms with Crippen LogP contribution in [0.5, 0.6) is 0 Å². The Hall–Kier alpha value is -2.58. The summed E-state index contributed by atoms with van der Waals surface area (Å²) in [5.41, 5.74) is 0.385. The van der Waals surface area contributed by atoms with Gasteiger partial charge in [-0.25, -0.2) is 9.59 Å². The van der Waals surface area contributed by atoms with E-state index in [-0.39, 0.29) is 6.04 Å². The van der Waals surface area contributed by atoms with Gasteiger partial charge in [0.15, 0.2) is 0 Å². The van der Waals surface area contributed by atoms with Crippen LogP contribution in [-0.2, 0) is 9.59 Å². The second-order valence-electron chi connectivity index (χ2n) is 4.39. The molecule has 0 radical (unpaired) electrons. The van der Waals surface area contributed by atoms with Gasteiger partial charge in [0.1, 0.15) is 6.04 Å². The van der Waals surface area contributed by atoms with Gasteiger partial charge in [-0.2, -0.15) is 5.10 Å². The number of carbonyl (C=O) groups excluding carboxylic acids is 1. The number of nitrogens with one attached hydrogen (secondary N) is 2. The Morgan fingerprint density at radius 3 is 2.45 bits per heavy atom. The Morgan fingerprint density at radius 1 is 1.35 bits per heavy atom. The van der Waals surface area contributed by atoms with E-state index < -0.39 is 30.4 Å². The van der Waals surface area contributed by atoms with Crippen molar-refractivity contribution in [2.24, 2.45) is 0 Å². The lowest BCUT2D eigenvalue weighted by atomic mass is 10.2. The number of urea groups is 1. The molecule has 0 fully saturated rings. The minimum atomic E-state index is -1.49. The normalized spacial score (nSPS) is 11.9. The maximum Gasteiger partial charge on any atom is 0.326 e. The maximum atomic E-state index is 11.6. The fourth-order valence-electron chi connectivity index (χ4n) is 1.39. The van der Waals surface area contributed by atoms with E-state index in [1.54, 1.807) is 10.9 Å². The van der Waals surface area contributed by atoms with Crippen LogP contribution >= 0.6 is 0 Å². The van der Waals surface area contributed by atoms with Crippen LogP contribution < -0.4 is 10.6 Å². The van der Waals surface area contributed by atoms with E-state index in [9.17, 15) is 14.4 Å². The van der Waals surface area contributed by atoms with E-state index in [0.29, 0.717) is 5.69 Å².